The van der Waals surface area contributed by atoms with Gasteiger partial charge in [-0.3, -0.25) is 14.5 Å². The molecule has 0 unspecified atom stereocenters. The molecule has 2 aromatic carbocycles. The highest BCUT2D eigenvalue weighted by Crippen LogP contribution is 2.20. The van der Waals surface area contributed by atoms with Gasteiger partial charge in [0.05, 0.1) is 13.2 Å². The van der Waals surface area contributed by atoms with E-state index in [1.165, 1.54) is 24.1 Å². The number of nitrogens with one attached hydrogen (secondary N) is 1. The molecular formula is C24H25FN4O4. The number of rotatable bonds is 6. The Morgan fingerprint density at radius 2 is 1.76 bits per heavy atom. The molecule has 0 aliphatic carbocycles. The van der Waals surface area contributed by atoms with Gasteiger partial charge in [-0.25, -0.2) is 9.37 Å². The molecule has 0 radical (unpaired) electrons. The summed E-state index contributed by atoms with van der Waals surface area (Å²) < 4.78 is 18.5. The maximum absolute atomic E-state index is 13.1. The maximum atomic E-state index is 13.1. The molecule has 8 nitrogen and oxygen atoms in total. The topological polar surface area (TPSA) is 98.8 Å². The van der Waals surface area contributed by atoms with Gasteiger partial charge in [0.2, 0.25) is 5.75 Å². The van der Waals surface area contributed by atoms with Gasteiger partial charge in [-0.1, -0.05) is 36.4 Å². The lowest BCUT2D eigenvalue weighted by atomic mass is 10.1. The molecule has 172 valence electrons. The number of nitrogens with zero attached hydrogens (tertiary/aromatic N) is 3. The monoisotopic (exact) mass is 452 g/mol. The number of amides is 1. The van der Waals surface area contributed by atoms with Gasteiger partial charge in [-0.15, -0.1) is 0 Å². The predicted octanol–water partition coefficient (Wildman–Crippen LogP) is 2.39. The lowest BCUT2D eigenvalue weighted by Gasteiger charge is -2.26. The first-order valence-electron chi connectivity index (χ1n) is 10.6. The van der Waals surface area contributed by atoms with Crippen LogP contribution in [0.15, 0.2) is 53.3 Å². The van der Waals surface area contributed by atoms with Crippen LogP contribution in [0, 0.1) is 5.82 Å². The van der Waals surface area contributed by atoms with Gasteiger partial charge in [-0.2, -0.15) is 0 Å². The highest BCUT2D eigenvalue weighted by Gasteiger charge is 2.22. The second kappa shape index (κ2) is 9.93. The van der Waals surface area contributed by atoms with E-state index in [0.29, 0.717) is 11.1 Å². The number of hydrogen-bond acceptors (Lipinski definition) is 6. The molecule has 0 spiro atoms. The number of morpholine rings is 1. The van der Waals surface area contributed by atoms with Crippen LogP contribution in [0.5, 0.6) is 5.75 Å². The number of hydrogen-bond donors (Lipinski definition) is 2. The molecule has 3 aromatic rings. The van der Waals surface area contributed by atoms with E-state index < -0.39 is 17.2 Å². The molecule has 2 heterocycles. The van der Waals surface area contributed by atoms with Crippen LogP contribution >= 0.6 is 0 Å². The summed E-state index contributed by atoms with van der Waals surface area (Å²) in [6.07, 6.45) is 0. The second-order valence-corrected chi connectivity index (χ2v) is 7.98. The molecule has 9 heteroatoms. The van der Waals surface area contributed by atoms with Gasteiger partial charge < -0.3 is 19.7 Å². The molecule has 1 saturated heterocycles. The predicted molar refractivity (Wildman–Crippen MR) is 120 cm³/mol. The fourth-order valence-corrected chi connectivity index (χ4v) is 3.65. The lowest BCUT2D eigenvalue weighted by Crippen LogP contribution is -2.35. The van der Waals surface area contributed by atoms with Crippen molar-refractivity contribution in [2.45, 2.75) is 13.1 Å². The average Bonchev–Trinajstić information content (AvgIpc) is 2.83. The van der Waals surface area contributed by atoms with Gasteiger partial charge >= 0.3 is 0 Å². The zero-order chi connectivity index (χ0) is 23.4. The molecule has 1 aliphatic heterocycles. The zero-order valence-electron chi connectivity index (χ0n) is 18.3. The van der Waals surface area contributed by atoms with Crippen molar-refractivity contribution >= 4 is 5.91 Å². The normalized spacial score (nSPS) is 14.2. The average molecular weight is 452 g/mol. The number of aromatic nitrogens is 2. The largest absolute Gasteiger partial charge is 0.501 e. The fourth-order valence-electron chi connectivity index (χ4n) is 3.65. The Kier molecular flexibility index (Phi) is 6.81. The fraction of sp³-hybridized carbons (Fsp3) is 0.292. The molecule has 1 amide bonds. The molecule has 1 aromatic heterocycles. The molecule has 0 saturated carbocycles. The molecule has 1 aliphatic rings. The first kappa shape index (κ1) is 22.6. The summed E-state index contributed by atoms with van der Waals surface area (Å²) in [7, 11) is 1.52. The lowest BCUT2D eigenvalue weighted by molar-refractivity contribution is 0.0342. The summed E-state index contributed by atoms with van der Waals surface area (Å²) in [6, 6.07) is 13.3. The van der Waals surface area contributed by atoms with Crippen molar-refractivity contribution in [2.75, 3.05) is 33.4 Å². The van der Waals surface area contributed by atoms with Gasteiger partial charge in [0, 0.05) is 38.8 Å². The van der Waals surface area contributed by atoms with Crippen molar-refractivity contribution in [1.29, 1.82) is 0 Å². The minimum absolute atomic E-state index is 0.165. The zero-order valence-corrected chi connectivity index (χ0v) is 18.3. The summed E-state index contributed by atoms with van der Waals surface area (Å²) >= 11 is 0. The van der Waals surface area contributed by atoms with E-state index in [1.54, 1.807) is 12.1 Å². The highest BCUT2D eigenvalue weighted by molar-refractivity contribution is 5.95. The molecule has 2 N–H and O–H groups in total. The minimum atomic E-state index is -0.795. The van der Waals surface area contributed by atoms with E-state index in [2.05, 4.69) is 14.9 Å². The van der Waals surface area contributed by atoms with E-state index >= 15 is 0 Å². The maximum Gasteiger partial charge on any atom is 0.294 e. The smallest absolute Gasteiger partial charge is 0.294 e. The first-order valence-corrected chi connectivity index (χ1v) is 10.6. The van der Waals surface area contributed by atoms with Crippen molar-refractivity contribution in [2.24, 2.45) is 0 Å². The van der Waals surface area contributed by atoms with Crippen LogP contribution < -0.4 is 5.56 Å². The first-order chi connectivity index (χ1) is 15.9. The van der Waals surface area contributed by atoms with Crippen LogP contribution in [0.2, 0.25) is 0 Å². The van der Waals surface area contributed by atoms with Crippen LogP contribution in [-0.2, 0) is 17.8 Å². The number of halogens is 1. The molecule has 33 heavy (non-hydrogen) atoms. The summed E-state index contributed by atoms with van der Waals surface area (Å²) in [5.74, 6) is -1.54. The Bertz CT molecular complexity index is 1170. The highest BCUT2D eigenvalue weighted by atomic mass is 19.1. The Morgan fingerprint density at radius 1 is 1.12 bits per heavy atom. The number of aromatic hydroxyl groups is 1. The third-order valence-electron chi connectivity index (χ3n) is 5.51. The Morgan fingerprint density at radius 3 is 2.42 bits per heavy atom. The SMILES string of the molecule is CN(Cc1ccc(F)cc1)C(=O)c1nc(-c2ccc(CN3CCOCC3)cc2)[nH]c(=O)c1O. The van der Waals surface area contributed by atoms with Crippen LogP contribution in [0.1, 0.15) is 21.6 Å². The number of carbonyl (C=O) groups is 1. The van der Waals surface area contributed by atoms with E-state index in [9.17, 15) is 19.1 Å². The molecule has 0 atom stereocenters. The third kappa shape index (κ3) is 5.44. The van der Waals surface area contributed by atoms with Crippen molar-refractivity contribution in [3.05, 3.63) is 81.5 Å². The molecule has 0 bridgehead atoms. The Labute approximate surface area is 190 Å². The number of H-pyrrole nitrogens is 1. The van der Waals surface area contributed by atoms with Crippen molar-refractivity contribution in [1.82, 2.24) is 19.8 Å². The summed E-state index contributed by atoms with van der Waals surface area (Å²) in [4.78, 5) is 35.6. The number of ether oxygens (including phenoxy) is 1. The summed E-state index contributed by atoms with van der Waals surface area (Å²) in [5, 5.41) is 10.2. The van der Waals surface area contributed by atoms with E-state index in [0.717, 1.165) is 38.4 Å². The molecular weight excluding hydrogens is 427 g/mol. The van der Waals surface area contributed by atoms with Crippen molar-refractivity contribution in [3.8, 4) is 17.1 Å². The van der Waals surface area contributed by atoms with Gasteiger partial charge in [0.15, 0.2) is 5.69 Å². The molecule has 4 rings (SSSR count). The third-order valence-corrected chi connectivity index (χ3v) is 5.51. The van der Waals surface area contributed by atoms with Gasteiger partial charge in [0.25, 0.3) is 11.5 Å². The van der Waals surface area contributed by atoms with E-state index in [-0.39, 0.29) is 23.9 Å². The summed E-state index contributed by atoms with van der Waals surface area (Å²) in [6.45, 7) is 4.17. The van der Waals surface area contributed by atoms with Crippen LogP contribution in [0.3, 0.4) is 0 Å². The quantitative estimate of drug-likeness (QED) is 0.596. The van der Waals surface area contributed by atoms with E-state index in [4.69, 9.17) is 4.74 Å². The molecule has 1 fully saturated rings. The van der Waals surface area contributed by atoms with E-state index in [1.807, 2.05) is 24.3 Å². The Balaban J connectivity index is 1.53. The van der Waals surface area contributed by atoms with Crippen molar-refractivity contribution < 1.29 is 19.0 Å². The second-order valence-electron chi connectivity index (χ2n) is 7.98. The Hall–Kier alpha value is -3.56. The van der Waals surface area contributed by atoms with Crippen LogP contribution in [-0.4, -0.2) is 64.1 Å². The summed E-state index contributed by atoms with van der Waals surface area (Å²) in [5.41, 5.74) is 1.30. The van der Waals surface area contributed by atoms with Crippen LogP contribution in [0.25, 0.3) is 11.4 Å². The van der Waals surface area contributed by atoms with Gasteiger partial charge in [-0.05, 0) is 23.3 Å². The number of aromatic amines is 1. The van der Waals surface area contributed by atoms with Crippen molar-refractivity contribution in [3.63, 3.8) is 0 Å². The number of carbonyl (C=O) groups excluding carboxylic acids is 1. The minimum Gasteiger partial charge on any atom is -0.501 e. The number of benzene rings is 2. The standard InChI is InChI=1S/C24H25FN4O4/c1-28(14-16-4-8-19(25)9-5-16)24(32)20-21(30)23(31)27-22(26-20)18-6-2-17(3-7-18)15-29-10-12-33-13-11-29/h2-9,30H,10-15H2,1H3,(H,26,27,31). The van der Waals surface area contributed by atoms with Crippen LogP contribution in [0.4, 0.5) is 4.39 Å². The van der Waals surface area contributed by atoms with Gasteiger partial charge in [0.1, 0.15) is 11.6 Å².